The number of carbonyl (C=O) groups excluding carboxylic acids is 1. The summed E-state index contributed by atoms with van der Waals surface area (Å²) in [6.07, 6.45) is 6.89. The topological polar surface area (TPSA) is 89.3 Å². The van der Waals surface area contributed by atoms with Gasteiger partial charge < -0.3 is 11.1 Å². The molecule has 0 heterocycles. The van der Waals surface area contributed by atoms with E-state index >= 15 is 0 Å². The molecule has 1 rings (SSSR count). The van der Waals surface area contributed by atoms with Crippen LogP contribution in [0.15, 0.2) is 0 Å². The summed E-state index contributed by atoms with van der Waals surface area (Å²) in [5.41, 5.74) is 5.73. The van der Waals surface area contributed by atoms with Gasteiger partial charge >= 0.3 is 0 Å². The minimum absolute atomic E-state index is 0. The zero-order valence-corrected chi connectivity index (χ0v) is 13.9. The van der Waals surface area contributed by atoms with Crippen LogP contribution in [-0.2, 0) is 14.6 Å². The Bertz CT molecular complexity index is 400. The molecular weight excluding hydrogens is 300 g/mol. The number of hydrogen-bond donors (Lipinski definition) is 2. The van der Waals surface area contributed by atoms with Gasteiger partial charge in [-0.2, -0.15) is 0 Å². The molecule has 1 amide bonds. The van der Waals surface area contributed by atoms with Crippen molar-refractivity contribution in [3.8, 4) is 0 Å². The Balaban J connectivity index is 0.00000361. The number of halogens is 1. The third-order valence-electron chi connectivity index (χ3n) is 3.84. The summed E-state index contributed by atoms with van der Waals surface area (Å²) in [4.78, 5) is 11.9. The van der Waals surface area contributed by atoms with E-state index in [1.165, 1.54) is 6.42 Å². The van der Waals surface area contributed by atoms with E-state index in [1.54, 1.807) is 0 Å². The van der Waals surface area contributed by atoms with Crippen LogP contribution in [0, 0.1) is 5.92 Å². The Labute approximate surface area is 128 Å². The molecule has 1 fully saturated rings. The van der Waals surface area contributed by atoms with Crippen LogP contribution in [0.1, 0.15) is 45.4 Å². The number of amides is 1. The van der Waals surface area contributed by atoms with Crippen LogP contribution >= 0.6 is 12.4 Å². The second-order valence-corrected chi connectivity index (χ2v) is 7.93. The van der Waals surface area contributed by atoms with E-state index in [2.05, 4.69) is 12.2 Å². The first-order chi connectivity index (χ1) is 8.81. The maximum Gasteiger partial charge on any atom is 0.237 e. The molecule has 20 heavy (non-hydrogen) atoms. The van der Waals surface area contributed by atoms with E-state index in [0.717, 1.165) is 31.9 Å². The van der Waals surface area contributed by atoms with E-state index < -0.39 is 15.9 Å². The van der Waals surface area contributed by atoms with Crippen molar-refractivity contribution in [3.05, 3.63) is 0 Å². The van der Waals surface area contributed by atoms with E-state index in [9.17, 15) is 13.2 Å². The van der Waals surface area contributed by atoms with Crippen molar-refractivity contribution < 1.29 is 13.2 Å². The van der Waals surface area contributed by atoms with Gasteiger partial charge in [0.2, 0.25) is 5.91 Å². The van der Waals surface area contributed by atoms with Gasteiger partial charge in [-0.05, 0) is 25.2 Å². The third-order valence-corrected chi connectivity index (χ3v) is 4.82. The smallest absolute Gasteiger partial charge is 0.237 e. The second-order valence-electron chi connectivity index (χ2n) is 5.67. The number of carbonyl (C=O) groups is 1. The number of hydrogen-bond acceptors (Lipinski definition) is 4. The van der Waals surface area contributed by atoms with Gasteiger partial charge in [-0.25, -0.2) is 8.42 Å². The minimum atomic E-state index is -3.06. The summed E-state index contributed by atoms with van der Waals surface area (Å²) in [5, 5.41) is 2.96. The van der Waals surface area contributed by atoms with Gasteiger partial charge in [-0.3, -0.25) is 4.79 Å². The van der Waals surface area contributed by atoms with Crippen molar-refractivity contribution in [2.75, 3.05) is 12.0 Å². The summed E-state index contributed by atoms with van der Waals surface area (Å²) in [6.45, 7) is 2.17. The lowest BCUT2D eigenvalue weighted by Crippen LogP contribution is -2.47. The van der Waals surface area contributed by atoms with Crippen molar-refractivity contribution in [1.29, 1.82) is 0 Å². The average molecular weight is 327 g/mol. The van der Waals surface area contributed by atoms with Gasteiger partial charge in [-0.15, -0.1) is 12.4 Å². The van der Waals surface area contributed by atoms with Gasteiger partial charge in [0.05, 0.1) is 11.8 Å². The highest BCUT2D eigenvalue weighted by Crippen LogP contribution is 2.26. The molecule has 3 unspecified atom stereocenters. The van der Waals surface area contributed by atoms with Crippen molar-refractivity contribution in [2.24, 2.45) is 11.7 Å². The Morgan fingerprint density at radius 3 is 2.60 bits per heavy atom. The molecule has 7 heteroatoms. The van der Waals surface area contributed by atoms with Gasteiger partial charge in [-0.1, -0.05) is 26.2 Å². The van der Waals surface area contributed by atoms with Crippen LogP contribution in [0.3, 0.4) is 0 Å². The maximum atomic E-state index is 11.9. The fourth-order valence-corrected chi connectivity index (χ4v) is 3.26. The summed E-state index contributed by atoms with van der Waals surface area (Å²) >= 11 is 0. The molecule has 1 saturated carbocycles. The Morgan fingerprint density at radius 2 is 2.05 bits per heavy atom. The lowest BCUT2D eigenvalue weighted by atomic mass is 9.84. The van der Waals surface area contributed by atoms with Gasteiger partial charge in [0.25, 0.3) is 0 Å². The highest BCUT2D eigenvalue weighted by atomic mass is 35.5. The highest BCUT2D eigenvalue weighted by molar-refractivity contribution is 7.90. The molecule has 3 atom stereocenters. The summed E-state index contributed by atoms with van der Waals surface area (Å²) in [6, 6.07) is -0.521. The van der Waals surface area contributed by atoms with E-state index in [4.69, 9.17) is 5.73 Å². The summed E-state index contributed by atoms with van der Waals surface area (Å²) in [7, 11) is -3.06. The van der Waals surface area contributed by atoms with Crippen LogP contribution in [0.25, 0.3) is 0 Å². The molecule has 3 N–H and O–H groups in total. The van der Waals surface area contributed by atoms with E-state index in [-0.39, 0.29) is 36.5 Å². The predicted molar refractivity (Wildman–Crippen MR) is 83.7 cm³/mol. The summed E-state index contributed by atoms with van der Waals surface area (Å²) < 4.78 is 22.1. The maximum absolute atomic E-state index is 11.9. The van der Waals surface area contributed by atoms with Gasteiger partial charge in [0.1, 0.15) is 9.84 Å². The standard InChI is InChI=1S/C13H26N2O3S.ClH/c1-3-10-5-4-6-11(9-10)15-13(16)12(14)7-8-19(2,17)18;/h10-12H,3-9,14H2,1-2H3,(H,15,16);1H. The average Bonchev–Trinajstić information content (AvgIpc) is 2.35. The molecule has 1 aliphatic rings. The molecule has 0 aromatic heterocycles. The van der Waals surface area contributed by atoms with E-state index in [1.807, 2.05) is 0 Å². The summed E-state index contributed by atoms with van der Waals surface area (Å²) in [5.74, 6) is 0.431. The monoisotopic (exact) mass is 326 g/mol. The van der Waals surface area contributed by atoms with Gasteiger partial charge in [0.15, 0.2) is 0 Å². The Hall–Kier alpha value is -0.330. The minimum Gasteiger partial charge on any atom is -0.352 e. The molecular formula is C13H27ClN2O3S. The van der Waals surface area contributed by atoms with Crippen molar-refractivity contribution >= 4 is 28.2 Å². The molecule has 5 nitrogen and oxygen atoms in total. The van der Waals surface area contributed by atoms with Crippen molar-refractivity contribution in [1.82, 2.24) is 5.32 Å². The van der Waals surface area contributed by atoms with Crippen molar-refractivity contribution in [2.45, 2.75) is 57.5 Å². The normalized spacial score (nSPS) is 24.6. The molecule has 1 aliphatic carbocycles. The van der Waals surface area contributed by atoms with Crippen LogP contribution < -0.4 is 11.1 Å². The number of rotatable bonds is 6. The molecule has 120 valence electrons. The molecule has 0 bridgehead atoms. The Morgan fingerprint density at radius 1 is 1.40 bits per heavy atom. The SMILES string of the molecule is CCC1CCCC(NC(=O)C(N)CCS(C)(=O)=O)C1.Cl. The molecule has 0 aromatic carbocycles. The molecule has 0 aromatic rings. The number of nitrogens with one attached hydrogen (secondary N) is 1. The second kappa shape index (κ2) is 8.85. The first-order valence-corrected chi connectivity index (χ1v) is 9.11. The zero-order valence-electron chi connectivity index (χ0n) is 12.3. The lowest BCUT2D eigenvalue weighted by molar-refractivity contribution is -0.123. The van der Waals surface area contributed by atoms with Crippen LogP contribution in [0.4, 0.5) is 0 Å². The fourth-order valence-electron chi connectivity index (χ4n) is 2.57. The number of nitrogens with two attached hydrogens (primary N) is 1. The highest BCUT2D eigenvalue weighted by Gasteiger charge is 2.24. The number of sulfone groups is 1. The lowest BCUT2D eigenvalue weighted by Gasteiger charge is -2.29. The van der Waals surface area contributed by atoms with Crippen LogP contribution in [0.2, 0.25) is 0 Å². The molecule has 0 saturated heterocycles. The van der Waals surface area contributed by atoms with Crippen molar-refractivity contribution in [3.63, 3.8) is 0 Å². The third kappa shape index (κ3) is 7.45. The molecule has 0 aliphatic heterocycles. The van der Waals surface area contributed by atoms with Crippen LogP contribution in [-0.4, -0.2) is 38.4 Å². The zero-order chi connectivity index (χ0) is 14.5. The fraction of sp³-hybridized carbons (Fsp3) is 0.923. The first-order valence-electron chi connectivity index (χ1n) is 7.05. The van der Waals surface area contributed by atoms with Gasteiger partial charge in [0, 0.05) is 12.3 Å². The quantitative estimate of drug-likeness (QED) is 0.769. The largest absolute Gasteiger partial charge is 0.352 e. The molecule has 0 radical (unpaired) electrons. The Kier molecular flexibility index (Phi) is 8.70. The van der Waals surface area contributed by atoms with Crippen LogP contribution in [0.5, 0.6) is 0 Å². The predicted octanol–water partition coefficient (Wildman–Crippen LogP) is 1.26. The molecule has 0 spiro atoms. The van der Waals surface area contributed by atoms with E-state index in [0.29, 0.717) is 5.92 Å². The first kappa shape index (κ1) is 19.7.